The highest BCUT2D eigenvalue weighted by atomic mass is 19.1. The molecule has 150 valence electrons. The van der Waals surface area contributed by atoms with E-state index in [0.29, 0.717) is 37.1 Å². The molecule has 2 aliphatic heterocycles. The molecular weight excluding hydrogens is 361 g/mol. The first-order chi connectivity index (χ1) is 13.5. The molecule has 0 bridgehead atoms. The third kappa shape index (κ3) is 3.65. The lowest BCUT2D eigenvalue weighted by Gasteiger charge is -2.23. The van der Waals surface area contributed by atoms with Crippen molar-refractivity contribution in [1.82, 2.24) is 24.6 Å². The maximum Gasteiger partial charge on any atom is 0.274 e. The number of nitrogens with zero attached hydrogens (tertiary/aromatic N) is 7. The Kier molecular flexibility index (Phi) is 5.15. The number of anilines is 2. The van der Waals surface area contributed by atoms with Gasteiger partial charge in [0.25, 0.3) is 5.91 Å². The summed E-state index contributed by atoms with van der Waals surface area (Å²) in [4.78, 5) is 27.3. The van der Waals surface area contributed by atoms with Crippen molar-refractivity contribution in [1.29, 1.82) is 0 Å². The number of aromatic nitrogens is 4. The van der Waals surface area contributed by atoms with Crippen molar-refractivity contribution in [3.8, 4) is 0 Å². The van der Waals surface area contributed by atoms with E-state index in [1.54, 1.807) is 4.68 Å². The first-order valence-electron chi connectivity index (χ1n) is 9.85. The van der Waals surface area contributed by atoms with Gasteiger partial charge in [0.05, 0.1) is 6.20 Å². The molecule has 2 aromatic heterocycles. The summed E-state index contributed by atoms with van der Waals surface area (Å²) >= 11 is 0. The Morgan fingerprint density at radius 2 is 1.79 bits per heavy atom. The molecule has 1 amide bonds. The predicted molar refractivity (Wildman–Crippen MR) is 104 cm³/mol. The summed E-state index contributed by atoms with van der Waals surface area (Å²) in [5, 5.41) is 4.30. The maximum absolute atomic E-state index is 14.2. The van der Waals surface area contributed by atoms with Crippen LogP contribution in [0.25, 0.3) is 0 Å². The summed E-state index contributed by atoms with van der Waals surface area (Å²) in [7, 11) is 1.83. The van der Waals surface area contributed by atoms with Crippen molar-refractivity contribution >= 4 is 17.7 Å². The highest BCUT2D eigenvalue weighted by Crippen LogP contribution is 2.23. The van der Waals surface area contributed by atoms with E-state index >= 15 is 0 Å². The Morgan fingerprint density at radius 1 is 1.04 bits per heavy atom. The third-order valence-electron chi connectivity index (χ3n) is 5.52. The van der Waals surface area contributed by atoms with E-state index in [1.807, 2.05) is 34.7 Å². The van der Waals surface area contributed by atoms with E-state index in [4.69, 9.17) is 0 Å². The largest absolute Gasteiger partial charge is 0.354 e. The van der Waals surface area contributed by atoms with Gasteiger partial charge in [-0.3, -0.25) is 9.48 Å². The number of hydrogen-bond acceptors (Lipinski definition) is 6. The van der Waals surface area contributed by atoms with Crippen LogP contribution in [0.5, 0.6) is 0 Å². The number of amides is 1. The number of carbonyl (C=O) groups excluding carboxylic acids is 1. The minimum Gasteiger partial charge on any atom is -0.354 e. The van der Waals surface area contributed by atoms with Gasteiger partial charge in [-0.1, -0.05) is 0 Å². The van der Waals surface area contributed by atoms with Gasteiger partial charge in [-0.15, -0.1) is 0 Å². The second kappa shape index (κ2) is 7.73. The lowest BCUT2D eigenvalue weighted by atomic mass is 10.3. The van der Waals surface area contributed by atoms with Crippen molar-refractivity contribution in [3.63, 3.8) is 0 Å². The zero-order valence-electron chi connectivity index (χ0n) is 16.4. The highest BCUT2D eigenvalue weighted by Gasteiger charge is 2.25. The molecule has 0 radical (unpaired) electrons. The molecular formula is C19H26FN7O. The van der Waals surface area contributed by atoms with E-state index < -0.39 is 0 Å². The normalized spacial score (nSPS) is 17.9. The Labute approximate surface area is 164 Å². The lowest BCUT2D eigenvalue weighted by Crippen LogP contribution is -2.36. The minimum absolute atomic E-state index is 0.0525. The number of halogens is 1. The molecule has 2 aromatic rings. The van der Waals surface area contributed by atoms with Gasteiger partial charge in [-0.2, -0.15) is 10.1 Å². The Bertz CT molecular complexity index is 842. The Hall–Kier alpha value is -2.71. The summed E-state index contributed by atoms with van der Waals surface area (Å²) in [6.07, 6.45) is 4.19. The monoisotopic (exact) mass is 387 g/mol. The average molecular weight is 387 g/mol. The average Bonchev–Trinajstić information content (AvgIpc) is 3.26. The molecule has 28 heavy (non-hydrogen) atoms. The molecule has 2 aliphatic rings. The molecule has 0 saturated carbocycles. The van der Waals surface area contributed by atoms with Crippen LogP contribution in [0.2, 0.25) is 0 Å². The zero-order valence-corrected chi connectivity index (χ0v) is 16.4. The zero-order chi connectivity index (χ0) is 19.7. The molecule has 4 rings (SSSR count). The van der Waals surface area contributed by atoms with Crippen LogP contribution >= 0.6 is 0 Å². The molecule has 0 unspecified atom stereocenters. The third-order valence-corrected chi connectivity index (χ3v) is 5.52. The van der Waals surface area contributed by atoms with Crippen molar-refractivity contribution < 1.29 is 9.18 Å². The molecule has 2 fully saturated rings. The van der Waals surface area contributed by atoms with Crippen LogP contribution in [0.4, 0.5) is 16.2 Å². The number of aryl methyl sites for hydroxylation is 2. The lowest BCUT2D eigenvalue weighted by molar-refractivity contribution is 0.0760. The molecule has 0 spiro atoms. The van der Waals surface area contributed by atoms with Crippen LogP contribution < -0.4 is 9.80 Å². The number of rotatable bonds is 3. The van der Waals surface area contributed by atoms with E-state index in [0.717, 1.165) is 44.6 Å². The summed E-state index contributed by atoms with van der Waals surface area (Å²) in [6.45, 7) is 6.16. The van der Waals surface area contributed by atoms with Gasteiger partial charge in [0.1, 0.15) is 0 Å². The van der Waals surface area contributed by atoms with Gasteiger partial charge in [-0.25, -0.2) is 9.37 Å². The molecule has 0 N–H and O–H groups in total. The fourth-order valence-electron chi connectivity index (χ4n) is 3.80. The summed E-state index contributed by atoms with van der Waals surface area (Å²) in [5.41, 5.74) is 1.43. The fourth-order valence-corrected chi connectivity index (χ4v) is 3.80. The molecule has 4 heterocycles. The van der Waals surface area contributed by atoms with Crippen LogP contribution in [0.15, 0.2) is 12.3 Å². The summed E-state index contributed by atoms with van der Waals surface area (Å²) in [6, 6.07) is 1.82. The smallest absolute Gasteiger partial charge is 0.274 e. The van der Waals surface area contributed by atoms with Crippen LogP contribution in [0.3, 0.4) is 0 Å². The summed E-state index contributed by atoms with van der Waals surface area (Å²) < 4.78 is 15.9. The van der Waals surface area contributed by atoms with Gasteiger partial charge in [-0.05, 0) is 32.3 Å². The topological polar surface area (TPSA) is 70.4 Å². The summed E-state index contributed by atoms with van der Waals surface area (Å²) in [5.74, 6) is 0.501. The van der Waals surface area contributed by atoms with Crippen molar-refractivity contribution in [3.05, 3.63) is 29.5 Å². The van der Waals surface area contributed by atoms with E-state index in [1.165, 1.54) is 6.20 Å². The van der Waals surface area contributed by atoms with Crippen LogP contribution in [0.1, 0.15) is 35.4 Å². The molecule has 2 saturated heterocycles. The van der Waals surface area contributed by atoms with Gasteiger partial charge >= 0.3 is 0 Å². The quantitative estimate of drug-likeness (QED) is 0.797. The molecule has 8 nitrogen and oxygen atoms in total. The fraction of sp³-hybridized carbons (Fsp3) is 0.579. The van der Waals surface area contributed by atoms with E-state index in [9.17, 15) is 9.18 Å². The maximum atomic E-state index is 14.2. The van der Waals surface area contributed by atoms with Gasteiger partial charge in [0, 0.05) is 52.0 Å². The van der Waals surface area contributed by atoms with E-state index in [2.05, 4.69) is 15.1 Å². The minimum atomic E-state index is -0.372. The molecule has 9 heteroatoms. The van der Waals surface area contributed by atoms with Crippen LogP contribution in [-0.2, 0) is 7.05 Å². The molecule has 0 atom stereocenters. The first-order valence-corrected chi connectivity index (χ1v) is 9.85. The van der Waals surface area contributed by atoms with Crippen LogP contribution in [0, 0.1) is 12.7 Å². The SMILES string of the molecule is Cc1cc(C(=O)N2CCCN(c3ncc(F)c(N4CCCC4)n3)CC2)nn1C. The highest BCUT2D eigenvalue weighted by molar-refractivity contribution is 5.92. The molecule has 0 aliphatic carbocycles. The van der Waals surface area contributed by atoms with E-state index in [-0.39, 0.29) is 11.7 Å². The standard InChI is InChI=1S/C19H26FN7O/c1-14-12-16(23-24(14)2)18(28)26-8-5-9-27(11-10-26)19-21-13-15(20)17(22-19)25-6-3-4-7-25/h12-13H,3-11H2,1-2H3. The van der Waals surface area contributed by atoms with Crippen molar-refractivity contribution in [2.75, 3.05) is 49.1 Å². The first kappa shape index (κ1) is 18.6. The van der Waals surface area contributed by atoms with Crippen molar-refractivity contribution in [2.24, 2.45) is 7.05 Å². The second-order valence-electron chi connectivity index (χ2n) is 7.46. The molecule has 0 aromatic carbocycles. The van der Waals surface area contributed by atoms with Gasteiger partial charge < -0.3 is 14.7 Å². The van der Waals surface area contributed by atoms with Crippen LogP contribution in [-0.4, -0.2) is 69.8 Å². The Balaban J connectivity index is 1.46. The second-order valence-corrected chi connectivity index (χ2v) is 7.46. The van der Waals surface area contributed by atoms with Gasteiger partial charge in [0.15, 0.2) is 17.3 Å². The number of carbonyl (C=O) groups is 1. The predicted octanol–water partition coefficient (Wildman–Crippen LogP) is 1.61. The Morgan fingerprint density at radius 3 is 2.50 bits per heavy atom. The van der Waals surface area contributed by atoms with Crippen molar-refractivity contribution in [2.45, 2.75) is 26.2 Å². The number of hydrogen-bond donors (Lipinski definition) is 0. The van der Waals surface area contributed by atoms with Gasteiger partial charge in [0.2, 0.25) is 5.95 Å².